The van der Waals surface area contributed by atoms with Crippen LogP contribution in [-0.2, 0) is 14.3 Å². The fourth-order valence-electron chi connectivity index (χ4n) is 2.09. The zero-order valence-electron chi connectivity index (χ0n) is 8.91. The van der Waals surface area contributed by atoms with E-state index in [-0.39, 0.29) is 12.3 Å². The average Bonchev–Trinajstić information content (AvgIpc) is 1.98. The molecule has 0 unspecified atom stereocenters. The van der Waals surface area contributed by atoms with Gasteiger partial charge in [-0.05, 0) is 6.92 Å². The summed E-state index contributed by atoms with van der Waals surface area (Å²) in [6.45, 7) is 5.64. The van der Waals surface area contributed by atoms with Gasteiger partial charge in [-0.2, -0.15) is 0 Å². The van der Waals surface area contributed by atoms with Crippen LogP contribution in [0.3, 0.4) is 0 Å². The van der Waals surface area contributed by atoms with Crippen molar-refractivity contribution in [3.8, 4) is 0 Å². The first kappa shape index (κ1) is 10.4. The zero-order valence-corrected chi connectivity index (χ0v) is 8.91. The monoisotopic (exact) mass is 212 g/mol. The van der Waals surface area contributed by atoms with Gasteiger partial charge in [0.1, 0.15) is 6.42 Å². The van der Waals surface area contributed by atoms with Crippen molar-refractivity contribution in [3.05, 3.63) is 0 Å². The lowest BCUT2D eigenvalue weighted by Crippen LogP contribution is -2.72. The fraction of sp³-hybridized carbons (Fsp3) is 0.800. The van der Waals surface area contributed by atoms with E-state index in [1.807, 2.05) is 0 Å². The van der Waals surface area contributed by atoms with Crippen LogP contribution in [0.1, 0.15) is 13.3 Å². The summed E-state index contributed by atoms with van der Waals surface area (Å²) in [5.41, 5.74) is 0.324. The molecule has 0 saturated carbocycles. The summed E-state index contributed by atoms with van der Waals surface area (Å²) < 4.78 is 4.72. The van der Waals surface area contributed by atoms with Crippen molar-refractivity contribution in [2.24, 2.45) is 5.41 Å². The van der Waals surface area contributed by atoms with Gasteiger partial charge in [0, 0.05) is 31.6 Å². The van der Waals surface area contributed by atoms with Gasteiger partial charge < -0.3 is 15.0 Å². The lowest BCUT2D eigenvalue weighted by Gasteiger charge is -2.56. The predicted molar refractivity (Wildman–Crippen MR) is 53.1 cm³/mol. The third kappa shape index (κ3) is 1.97. The summed E-state index contributed by atoms with van der Waals surface area (Å²) in [7, 11) is 0. The van der Waals surface area contributed by atoms with E-state index in [2.05, 4.69) is 5.32 Å². The average molecular weight is 212 g/mol. The molecule has 2 heterocycles. The summed E-state index contributed by atoms with van der Waals surface area (Å²) in [5, 5.41) is 3.19. The van der Waals surface area contributed by atoms with Crippen molar-refractivity contribution in [2.75, 3.05) is 32.8 Å². The Morgan fingerprint density at radius 3 is 2.53 bits per heavy atom. The minimum atomic E-state index is -0.421. The number of carbonyl (C=O) groups excluding carboxylic acids is 2. The molecule has 0 bridgehead atoms. The zero-order chi connectivity index (χ0) is 10.9. The highest BCUT2D eigenvalue weighted by Crippen LogP contribution is 2.34. The van der Waals surface area contributed by atoms with Crippen LogP contribution in [0, 0.1) is 5.41 Å². The topological polar surface area (TPSA) is 58.6 Å². The summed E-state index contributed by atoms with van der Waals surface area (Å²) in [5.74, 6) is -0.527. The molecule has 84 valence electrons. The van der Waals surface area contributed by atoms with E-state index in [0.717, 1.165) is 26.2 Å². The Morgan fingerprint density at radius 1 is 1.40 bits per heavy atom. The maximum Gasteiger partial charge on any atom is 0.315 e. The molecule has 5 nitrogen and oxygen atoms in total. The number of hydrogen-bond acceptors (Lipinski definition) is 4. The van der Waals surface area contributed by atoms with Crippen molar-refractivity contribution in [1.82, 2.24) is 10.2 Å². The van der Waals surface area contributed by atoms with Gasteiger partial charge in [0.25, 0.3) is 0 Å². The number of rotatable bonds is 3. The highest BCUT2D eigenvalue weighted by molar-refractivity contribution is 5.94. The Bertz CT molecular complexity index is 278. The van der Waals surface area contributed by atoms with Gasteiger partial charge >= 0.3 is 5.97 Å². The first-order valence-corrected chi connectivity index (χ1v) is 5.29. The molecule has 2 rings (SSSR count). The van der Waals surface area contributed by atoms with Crippen LogP contribution in [0.15, 0.2) is 0 Å². The highest BCUT2D eigenvalue weighted by Gasteiger charge is 2.49. The fourth-order valence-corrected chi connectivity index (χ4v) is 2.09. The summed E-state index contributed by atoms with van der Waals surface area (Å²) in [4.78, 5) is 24.3. The molecule has 0 aromatic carbocycles. The predicted octanol–water partition coefficient (Wildman–Crippen LogP) is -0.629. The highest BCUT2D eigenvalue weighted by atomic mass is 16.5. The van der Waals surface area contributed by atoms with Crippen molar-refractivity contribution >= 4 is 11.9 Å². The quantitative estimate of drug-likeness (QED) is 0.500. The summed E-state index contributed by atoms with van der Waals surface area (Å²) >= 11 is 0. The van der Waals surface area contributed by atoms with Gasteiger partial charge in [-0.25, -0.2) is 0 Å². The number of esters is 1. The van der Waals surface area contributed by atoms with Crippen LogP contribution < -0.4 is 5.32 Å². The lowest BCUT2D eigenvalue weighted by molar-refractivity contribution is -0.155. The number of hydrogen-bond donors (Lipinski definition) is 1. The number of amides is 1. The van der Waals surface area contributed by atoms with Gasteiger partial charge in [0.05, 0.1) is 6.61 Å². The molecular formula is C10H16N2O3. The minimum absolute atomic E-state index is 0.106. The normalized spacial score (nSPS) is 21.8. The van der Waals surface area contributed by atoms with Crippen molar-refractivity contribution in [1.29, 1.82) is 0 Å². The van der Waals surface area contributed by atoms with Crippen molar-refractivity contribution < 1.29 is 14.3 Å². The molecule has 15 heavy (non-hydrogen) atoms. The van der Waals surface area contributed by atoms with E-state index in [4.69, 9.17) is 4.74 Å². The maximum absolute atomic E-state index is 11.5. The molecule has 0 aromatic rings. The van der Waals surface area contributed by atoms with Gasteiger partial charge in [-0.1, -0.05) is 0 Å². The van der Waals surface area contributed by atoms with Crippen LogP contribution in [0.4, 0.5) is 0 Å². The molecule has 1 amide bonds. The SMILES string of the molecule is CCOC(=O)CC(=O)N1CC2(CNC2)C1. The molecule has 2 fully saturated rings. The van der Waals surface area contributed by atoms with Gasteiger partial charge in [-0.3, -0.25) is 9.59 Å². The lowest BCUT2D eigenvalue weighted by atomic mass is 9.74. The number of nitrogens with zero attached hydrogens (tertiary/aromatic N) is 1. The van der Waals surface area contributed by atoms with Gasteiger partial charge in [0.2, 0.25) is 5.91 Å². The van der Waals surface area contributed by atoms with Crippen LogP contribution in [-0.4, -0.2) is 49.6 Å². The number of likely N-dealkylation sites (tertiary alicyclic amines) is 1. The Kier molecular flexibility index (Phi) is 2.65. The molecule has 1 spiro atoms. The Balaban J connectivity index is 1.71. The molecule has 0 radical (unpaired) electrons. The molecule has 0 aromatic heterocycles. The molecule has 1 N–H and O–H groups in total. The van der Waals surface area contributed by atoms with E-state index in [0.29, 0.717) is 12.0 Å². The molecule has 2 aliphatic heterocycles. The van der Waals surface area contributed by atoms with E-state index in [1.165, 1.54) is 0 Å². The number of ether oxygens (including phenoxy) is 1. The number of carbonyl (C=O) groups is 2. The third-order valence-electron chi connectivity index (χ3n) is 3.01. The molecule has 0 atom stereocenters. The van der Waals surface area contributed by atoms with E-state index >= 15 is 0 Å². The summed E-state index contributed by atoms with van der Waals surface area (Å²) in [6, 6.07) is 0. The second-order valence-electron chi connectivity index (χ2n) is 4.34. The Morgan fingerprint density at radius 2 is 2.07 bits per heavy atom. The Labute approximate surface area is 88.8 Å². The maximum atomic E-state index is 11.5. The van der Waals surface area contributed by atoms with Crippen molar-refractivity contribution in [3.63, 3.8) is 0 Å². The van der Waals surface area contributed by atoms with Gasteiger partial charge in [-0.15, -0.1) is 0 Å². The molecule has 2 saturated heterocycles. The van der Waals surface area contributed by atoms with Crippen molar-refractivity contribution in [2.45, 2.75) is 13.3 Å². The minimum Gasteiger partial charge on any atom is -0.466 e. The first-order chi connectivity index (χ1) is 7.15. The number of nitrogens with one attached hydrogen (secondary N) is 1. The van der Waals surface area contributed by atoms with Gasteiger partial charge in [0.15, 0.2) is 0 Å². The second kappa shape index (κ2) is 3.81. The standard InChI is InChI=1S/C10H16N2O3/c1-2-15-9(14)3-8(13)12-6-10(7-12)4-11-5-10/h11H,2-7H2,1H3. The Hall–Kier alpha value is -1.10. The molecular weight excluding hydrogens is 196 g/mol. The van der Waals surface area contributed by atoms with E-state index in [1.54, 1.807) is 11.8 Å². The third-order valence-corrected chi connectivity index (χ3v) is 3.01. The molecule has 0 aliphatic carbocycles. The van der Waals surface area contributed by atoms with E-state index in [9.17, 15) is 9.59 Å². The first-order valence-electron chi connectivity index (χ1n) is 5.29. The van der Waals surface area contributed by atoms with E-state index < -0.39 is 5.97 Å². The summed E-state index contributed by atoms with van der Waals surface area (Å²) in [6.07, 6.45) is -0.114. The second-order valence-corrected chi connectivity index (χ2v) is 4.34. The van der Waals surface area contributed by atoms with Crippen LogP contribution in [0.5, 0.6) is 0 Å². The smallest absolute Gasteiger partial charge is 0.315 e. The molecule has 5 heteroatoms. The van der Waals surface area contributed by atoms with Crippen LogP contribution in [0.25, 0.3) is 0 Å². The van der Waals surface area contributed by atoms with Crippen LogP contribution >= 0.6 is 0 Å². The molecule has 2 aliphatic rings. The van der Waals surface area contributed by atoms with Crippen LogP contribution in [0.2, 0.25) is 0 Å². The largest absolute Gasteiger partial charge is 0.466 e.